The average Bonchev–Trinajstić information content (AvgIpc) is 2.81. The summed E-state index contributed by atoms with van der Waals surface area (Å²) in [5.41, 5.74) is 1.18. The Morgan fingerprint density at radius 2 is 2.13 bits per heavy atom. The van der Waals surface area contributed by atoms with Gasteiger partial charge in [0.05, 0.1) is 6.26 Å². The minimum atomic E-state index is -3.26. The van der Waals surface area contributed by atoms with E-state index in [2.05, 4.69) is 10.3 Å². The molecule has 23 heavy (non-hydrogen) atoms. The molecular weight excluding hydrogens is 316 g/mol. The van der Waals surface area contributed by atoms with Crippen molar-refractivity contribution >= 4 is 15.9 Å². The third-order valence-electron chi connectivity index (χ3n) is 4.02. The fraction of sp³-hybridized carbons (Fsp3) is 0.600. The number of pyridine rings is 1. The topological polar surface area (TPSA) is 82.6 Å². The molecule has 0 bridgehead atoms. The van der Waals surface area contributed by atoms with E-state index in [1.165, 1.54) is 10.6 Å². The maximum Gasteiger partial charge on any atom is 0.270 e. The molecule has 1 N–H and O–H groups in total. The minimum absolute atomic E-state index is 0.0488. The van der Waals surface area contributed by atoms with Crippen LogP contribution in [0.2, 0.25) is 0 Å². The van der Waals surface area contributed by atoms with Gasteiger partial charge in [-0.05, 0) is 32.6 Å². The molecule has 0 unspecified atom stereocenters. The van der Waals surface area contributed by atoms with Gasteiger partial charge < -0.3 is 10.2 Å². The van der Waals surface area contributed by atoms with Crippen molar-refractivity contribution in [3.05, 3.63) is 29.6 Å². The van der Waals surface area contributed by atoms with Crippen molar-refractivity contribution in [3.8, 4) is 0 Å². The largest absolute Gasteiger partial charge is 0.346 e. The molecule has 0 spiro atoms. The lowest BCUT2D eigenvalue weighted by atomic mass is 10.0. The number of amides is 1. The lowest BCUT2D eigenvalue weighted by Gasteiger charge is -2.22. The molecule has 0 saturated carbocycles. The van der Waals surface area contributed by atoms with Gasteiger partial charge in [0.25, 0.3) is 5.91 Å². The van der Waals surface area contributed by atoms with E-state index >= 15 is 0 Å². The summed E-state index contributed by atoms with van der Waals surface area (Å²) in [5.74, 6) is -0.208. The predicted molar refractivity (Wildman–Crippen MR) is 88.7 cm³/mol. The highest BCUT2D eigenvalue weighted by Crippen LogP contribution is 2.21. The number of hydrogen-bond donors (Lipinski definition) is 1. The summed E-state index contributed by atoms with van der Waals surface area (Å²) in [7, 11) is 0.606. The van der Waals surface area contributed by atoms with E-state index in [0.29, 0.717) is 25.3 Å². The Balaban J connectivity index is 2.15. The fourth-order valence-electron chi connectivity index (χ4n) is 2.88. The van der Waals surface area contributed by atoms with Gasteiger partial charge in [0.2, 0.25) is 10.0 Å². The Morgan fingerprint density at radius 1 is 1.43 bits per heavy atom. The van der Waals surface area contributed by atoms with E-state index in [1.54, 1.807) is 12.3 Å². The maximum atomic E-state index is 12.5. The number of aromatic nitrogens is 1. The van der Waals surface area contributed by atoms with Crippen molar-refractivity contribution in [1.82, 2.24) is 19.5 Å². The summed E-state index contributed by atoms with van der Waals surface area (Å²) in [6.45, 7) is 3.26. The first-order valence-corrected chi connectivity index (χ1v) is 9.35. The highest BCUT2D eigenvalue weighted by Gasteiger charge is 2.38. The van der Waals surface area contributed by atoms with Crippen LogP contribution in [0.1, 0.15) is 16.1 Å². The molecular formula is C15H24N4O3S. The van der Waals surface area contributed by atoms with Crippen molar-refractivity contribution in [3.63, 3.8) is 0 Å². The highest BCUT2D eigenvalue weighted by molar-refractivity contribution is 7.88. The molecule has 0 aliphatic carbocycles. The second-order valence-corrected chi connectivity index (χ2v) is 8.33. The van der Waals surface area contributed by atoms with Gasteiger partial charge in [-0.1, -0.05) is 6.07 Å². The van der Waals surface area contributed by atoms with Gasteiger partial charge in [-0.25, -0.2) is 8.42 Å². The van der Waals surface area contributed by atoms with Crippen LogP contribution in [0, 0.1) is 12.8 Å². The molecule has 0 radical (unpaired) electrons. The number of nitrogens with one attached hydrogen (secondary N) is 1. The van der Waals surface area contributed by atoms with E-state index in [-0.39, 0.29) is 17.9 Å². The first kappa shape index (κ1) is 17.8. The Morgan fingerprint density at radius 3 is 2.70 bits per heavy atom. The molecule has 8 heteroatoms. The number of rotatable bonds is 5. The number of aryl methyl sites for hydroxylation is 1. The first-order chi connectivity index (χ1) is 10.7. The lowest BCUT2D eigenvalue weighted by Crippen LogP contribution is -2.44. The van der Waals surface area contributed by atoms with Gasteiger partial charge in [0.15, 0.2) is 0 Å². The maximum absolute atomic E-state index is 12.5. The van der Waals surface area contributed by atoms with Gasteiger partial charge in [-0.3, -0.25) is 9.78 Å². The van der Waals surface area contributed by atoms with E-state index in [4.69, 9.17) is 0 Å². The molecule has 1 aliphatic heterocycles. The summed E-state index contributed by atoms with van der Waals surface area (Å²) in [5, 5.41) is 2.96. The molecule has 1 aromatic heterocycles. The smallest absolute Gasteiger partial charge is 0.270 e. The minimum Gasteiger partial charge on any atom is -0.346 e. The molecule has 0 aromatic carbocycles. The second-order valence-electron chi connectivity index (χ2n) is 6.35. The molecule has 1 amide bonds. The van der Waals surface area contributed by atoms with Crippen molar-refractivity contribution in [2.75, 3.05) is 40.0 Å². The zero-order valence-electron chi connectivity index (χ0n) is 14.0. The van der Waals surface area contributed by atoms with Crippen LogP contribution in [-0.4, -0.2) is 74.5 Å². The zero-order chi connectivity index (χ0) is 17.2. The van der Waals surface area contributed by atoms with Crippen LogP contribution < -0.4 is 5.32 Å². The van der Waals surface area contributed by atoms with E-state index < -0.39 is 10.0 Å². The second kappa shape index (κ2) is 6.94. The Hall–Kier alpha value is -1.51. The van der Waals surface area contributed by atoms with Crippen molar-refractivity contribution in [2.24, 2.45) is 5.92 Å². The van der Waals surface area contributed by atoms with Gasteiger partial charge in [-0.15, -0.1) is 0 Å². The molecule has 1 fully saturated rings. The molecule has 128 valence electrons. The third kappa shape index (κ3) is 4.49. The molecule has 7 nitrogen and oxygen atoms in total. The van der Waals surface area contributed by atoms with Crippen LogP contribution in [0.25, 0.3) is 0 Å². The number of sulfonamides is 1. The molecule has 1 aliphatic rings. The molecule has 2 atom stereocenters. The summed E-state index contributed by atoms with van der Waals surface area (Å²) in [6, 6.07) is 3.39. The monoisotopic (exact) mass is 340 g/mol. The molecule has 2 rings (SSSR count). The summed E-state index contributed by atoms with van der Waals surface area (Å²) in [6.07, 6.45) is 2.78. The van der Waals surface area contributed by atoms with Crippen LogP contribution in [0.5, 0.6) is 0 Å². The molecule has 2 heterocycles. The SMILES string of the molecule is Cc1cccnc1C(=O)N[C@@H]1CN(S(C)(=O)=O)C[C@H]1CN(C)C. The van der Waals surface area contributed by atoms with Crippen molar-refractivity contribution in [1.29, 1.82) is 0 Å². The molecule has 1 saturated heterocycles. The van der Waals surface area contributed by atoms with E-state index in [1.807, 2.05) is 32.0 Å². The third-order valence-corrected chi connectivity index (χ3v) is 5.25. The van der Waals surface area contributed by atoms with Crippen LogP contribution in [0.3, 0.4) is 0 Å². The summed E-state index contributed by atoms with van der Waals surface area (Å²) < 4.78 is 25.0. The van der Waals surface area contributed by atoms with Gasteiger partial charge in [0, 0.05) is 37.8 Å². The quantitative estimate of drug-likeness (QED) is 0.812. The fourth-order valence-corrected chi connectivity index (χ4v) is 3.77. The van der Waals surface area contributed by atoms with Crippen LogP contribution in [0.4, 0.5) is 0 Å². The zero-order valence-corrected chi connectivity index (χ0v) is 14.8. The lowest BCUT2D eigenvalue weighted by molar-refractivity contribution is 0.0921. The Labute approximate surface area is 137 Å². The Kier molecular flexibility index (Phi) is 5.38. The standard InChI is InChI=1S/C15H24N4O3S/c1-11-6-5-7-16-14(11)15(20)17-13-10-19(23(4,21)22)9-12(13)8-18(2)3/h5-7,12-13H,8-10H2,1-4H3,(H,17,20)/t12-,13-/m1/s1. The van der Waals surface area contributed by atoms with Gasteiger partial charge >= 0.3 is 0 Å². The van der Waals surface area contributed by atoms with E-state index in [9.17, 15) is 13.2 Å². The van der Waals surface area contributed by atoms with Gasteiger partial charge in [0.1, 0.15) is 5.69 Å². The van der Waals surface area contributed by atoms with Crippen LogP contribution in [-0.2, 0) is 10.0 Å². The average molecular weight is 340 g/mol. The number of hydrogen-bond acceptors (Lipinski definition) is 5. The normalized spacial score (nSPS) is 22.5. The van der Waals surface area contributed by atoms with Crippen molar-refractivity contribution < 1.29 is 13.2 Å². The Bertz CT molecular complexity index is 675. The first-order valence-electron chi connectivity index (χ1n) is 7.51. The van der Waals surface area contributed by atoms with Crippen molar-refractivity contribution in [2.45, 2.75) is 13.0 Å². The number of carbonyl (C=O) groups excluding carboxylic acids is 1. The number of nitrogens with zero attached hydrogens (tertiary/aromatic N) is 3. The van der Waals surface area contributed by atoms with Crippen LogP contribution in [0.15, 0.2) is 18.3 Å². The van der Waals surface area contributed by atoms with Gasteiger partial charge in [-0.2, -0.15) is 4.31 Å². The van der Waals surface area contributed by atoms with E-state index in [0.717, 1.165) is 5.56 Å². The summed E-state index contributed by atoms with van der Waals surface area (Å²) >= 11 is 0. The highest BCUT2D eigenvalue weighted by atomic mass is 32.2. The van der Waals surface area contributed by atoms with Crippen LogP contribution >= 0.6 is 0 Å². The summed E-state index contributed by atoms with van der Waals surface area (Å²) in [4.78, 5) is 18.6. The molecule has 1 aromatic rings. The predicted octanol–water partition coefficient (Wildman–Crippen LogP) is -0.0586. The number of carbonyl (C=O) groups is 1.